The van der Waals surface area contributed by atoms with Gasteiger partial charge in [-0.05, 0) is 30.0 Å². The van der Waals surface area contributed by atoms with Crippen molar-refractivity contribution in [3.05, 3.63) is 65.0 Å². The molecule has 0 spiro atoms. The van der Waals surface area contributed by atoms with Gasteiger partial charge in [-0.2, -0.15) is 0 Å². The van der Waals surface area contributed by atoms with E-state index in [1.807, 2.05) is 48.0 Å². The highest BCUT2D eigenvalue weighted by Gasteiger charge is 2.39. The van der Waals surface area contributed by atoms with Crippen LogP contribution in [0, 0.1) is 6.92 Å². The zero-order valence-electron chi connectivity index (χ0n) is 15.6. The number of para-hydroxylation sites is 1. The number of aromatic amines is 1. The van der Waals surface area contributed by atoms with Crippen molar-refractivity contribution in [1.29, 1.82) is 0 Å². The SMILES string of the molecule is Cc1oc(-c2cccs2)nc1CN1C(=O)NC(Cc2c[nH]c3ccccc23)C1=O. The highest BCUT2D eigenvalue weighted by molar-refractivity contribution is 7.13. The number of rotatable bonds is 5. The number of urea groups is 1. The van der Waals surface area contributed by atoms with Crippen molar-refractivity contribution < 1.29 is 14.0 Å². The molecule has 0 saturated carbocycles. The fourth-order valence-electron chi connectivity index (χ4n) is 3.62. The smallest absolute Gasteiger partial charge is 0.325 e. The molecule has 4 aromatic rings. The number of hydrogen-bond acceptors (Lipinski definition) is 5. The molecular weight excluding hydrogens is 388 g/mol. The standard InChI is InChI=1S/C21H18N4O3S/c1-12-17(23-19(28-12)18-7-4-8-29-18)11-25-20(26)16(24-21(25)27)9-13-10-22-15-6-3-2-5-14(13)15/h2-8,10,16,22H,9,11H2,1H3,(H,24,27). The topological polar surface area (TPSA) is 91.2 Å². The molecule has 8 heteroatoms. The summed E-state index contributed by atoms with van der Waals surface area (Å²) in [6, 6.07) is 10.8. The summed E-state index contributed by atoms with van der Waals surface area (Å²) in [5, 5.41) is 5.80. The van der Waals surface area contributed by atoms with E-state index in [0.29, 0.717) is 23.8 Å². The van der Waals surface area contributed by atoms with E-state index in [0.717, 1.165) is 21.3 Å². The lowest BCUT2D eigenvalue weighted by Gasteiger charge is -2.11. The van der Waals surface area contributed by atoms with E-state index in [2.05, 4.69) is 15.3 Å². The average molecular weight is 406 g/mol. The van der Waals surface area contributed by atoms with Crippen LogP contribution in [-0.2, 0) is 17.8 Å². The summed E-state index contributed by atoms with van der Waals surface area (Å²) in [6.45, 7) is 1.89. The van der Waals surface area contributed by atoms with Crippen LogP contribution < -0.4 is 5.32 Å². The molecule has 2 N–H and O–H groups in total. The van der Waals surface area contributed by atoms with Crippen LogP contribution >= 0.6 is 11.3 Å². The Morgan fingerprint density at radius 1 is 1.21 bits per heavy atom. The molecule has 1 saturated heterocycles. The molecule has 1 aliphatic rings. The first-order valence-corrected chi connectivity index (χ1v) is 10.1. The molecular formula is C21H18N4O3S. The van der Waals surface area contributed by atoms with Crippen LogP contribution in [0.1, 0.15) is 17.0 Å². The van der Waals surface area contributed by atoms with Crippen molar-refractivity contribution in [2.24, 2.45) is 0 Å². The second-order valence-corrected chi connectivity index (χ2v) is 7.94. The third-order valence-corrected chi connectivity index (χ3v) is 6.00. The Hall–Kier alpha value is -3.39. The van der Waals surface area contributed by atoms with E-state index in [1.165, 1.54) is 16.2 Å². The van der Waals surface area contributed by atoms with E-state index in [9.17, 15) is 9.59 Å². The summed E-state index contributed by atoms with van der Waals surface area (Å²) in [6.07, 6.45) is 2.32. The monoisotopic (exact) mass is 406 g/mol. The number of nitrogens with one attached hydrogen (secondary N) is 2. The molecule has 1 aromatic carbocycles. The maximum atomic E-state index is 12.9. The van der Waals surface area contributed by atoms with Gasteiger partial charge in [0.15, 0.2) is 0 Å². The maximum absolute atomic E-state index is 12.9. The predicted molar refractivity (Wildman–Crippen MR) is 109 cm³/mol. The van der Waals surface area contributed by atoms with Gasteiger partial charge in [0, 0.05) is 23.5 Å². The van der Waals surface area contributed by atoms with Crippen molar-refractivity contribution in [3.8, 4) is 10.8 Å². The summed E-state index contributed by atoms with van der Waals surface area (Å²) < 4.78 is 5.73. The summed E-state index contributed by atoms with van der Waals surface area (Å²) >= 11 is 1.53. The normalized spacial score (nSPS) is 16.7. The number of carbonyl (C=O) groups is 2. The number of imide groups is 1. The summed E-state index contributed by atoms with van der Waals surface area (Å²) in [5.41, 5.74) is 2.60. The zero-order chi connectivity index (χ0) is 20.0. The lowest BCUT2D eigenvalue weighted by molar-refractivity contribution is -0.127. The fraction of sp³-hybridized carbons (Fsp3) is 0.190. The highest BCUT2D eigenvalue weighted by Crippen LogP contribution is 2.27. The Morgan fingerprint density at radius 2 is 2.07 bits per heavy atom. The van der Waals surface area contributed by atoms with Crippen LogP contribution in [0.3, 0.4) is 0 Å². The van der Waals surface area contributed by atoms with Gasteiger partial charge >= 0.3 is 6.03 Å². The van der Waals surface area contributed by atoms with Gasteiger partial charge < -0.3 is 14.7 Å². The minimum atomic E-state index is -0.592. The number of thiophene rings is 1. The summed E-state index contributed by atoms with van der Waals surface area (Å²) in [4.78, 5) is 35.2. The van der Waals surface area contributed by atoms with Crippen LogP contribution in [0.4, 0.5) is 4.79 Å². The number of amides is 3. The Morgan fingerprint density at radius 3 is 2.90 bits per heavy atom. The van der Waals surface area contributed by atoms with Crippen LogP contribution in [0.25, 0.3) is 21.7 Å². The summed E-state index contributed by atoms with van der Waals surface area (Å²) in [5.74, 6) is 0.865. The molecule has 4 heterocycles. The Bertz CT molecular complexity index is 1210. The number of nitrogens with zero attached hydrogens (tertiary/aromatic N) is 2. The number of aromatic nitrogens is 2. The predicted octanol–water partition coefficient (Wildman–Crippen LogP) is 3.86. The Balaban J connectivity index is 1.35. The first kappa shape index (κ1) is 17.7. The largest absolute Gasteiger partial charge is 0.440 e. The molecule has 29 heavy (non-hydrogen) atoms. The van der Waals surface area contributed by atoms with Gasteiger partial charge in [0.25, 0.3) is 5.91 Å². The number of H-pyrrole nitrogens is 1. The number of benzene rings is 1. The maximum Gasteiger partial charge on any atom is 0.325 e. The molecule has 1 fully saturated rings. The second-order valence-electron chi connectivity index (χ2n) is 6.99. The Kier molecular flexibility index (Phi) is 4.21. The zero-order valence-corrected chi connectivity index (χ0v) is 16.5. The van der Waals surface area contributed by atoms with Gasteiger partial charge in [-0.15, -0.1) is 11.3 Å². The molecule has 7 nitrogen and oxygen atoms in total. The molecule has 1 unspecified atom stereocenters. The lowest BCUT2D eigenvalue weighted by Crippen LogP contribution is -2.32. The van der Waals surface area contributed by atoms with E-state index >= 15 is 0 Å². The molecule has 146 valence electrons. The molecule has 5 rings (SSSR count). The van der Waals surface area contributed by atoms with Gasteiger partial charge in [0.05, 0.1) is 11.4 Å². The minimum absolute atomic E-state index is 0.0930. The van der Waals surface area contributed by atoms with Gasteiger partial charge in [-0.25, -0.2) is 9.78 Å². The molecule has 3 amide bonds. The van der Waals surface area contributed by atoms with E-state index in [-0.39, 0.29) is 12.5 Å². The van der Waals surface area contributed by atoms with Gasteiger partial charge in [-0.1, -0.05) is 24.3 Å². The van der Waals surface area contributed by atoms with E-state index in [1.54, 1.807) is 6.92 Å². The van der Waals surface area contributed by atoms with Crippen LogP contribution in [0.5, 0.6) is 0 Å². The van der Waals surface area contributed by atoms with Gasteiger partial charge in [0.1, 0.15) is 17.5 Å². The molecule has 3 aromatic heterocycles. The van der Waals surface area contributed by atoms with Crippen molar-refractivity contribution in [3.63, 3.8) is 0 Å². The second kappa shape index (κ2) is 6.89. The van der Waals surface area contributed by atoms with E-state index < -0.39 is 12.1 Å². The molecule has 1 atom stereocenters. The van der Waals surface area contributed by atoms with Crippen LogP contribution in [0.15, 0.2) is 52.4 Å². The van der Waals surface area contributed by atoms with Gasteiger partial charge in [-0.3, -0.25) is 9.69 Å². The van der Waals surface area contributed by atoms with Crippen molar-refractivity contribution in [2.75, 3.05) is 0 Å². The fourth-order valence-corrected chi connectivity index (χ4v) is 4.26. The number of hydrogen-bond donors (Lipinski definition) is 2. The third-order valence-electron chi connectivity index (χ3n) is 5.14. The average Bonchev–Trinajstić information content (AvgIpc) is 3.48. The Labute approximate surface area is 170 Å². The number of oxazole rings is 1. The van der Waals surface area contributed by atoms with Crippen molar-refractivity contribution in [2.45, 2.75) is 25.9 Å². The first-order chi connectivity index (χ1) is 14.1. The number of aryl methyl sites for hydroxylation is 1. The third kappa shape index (κ3) is 3.11. The quantitative estimate of drug-likeness (QED) is 0.493. The molecule has 0 radical (unpaired) electrons. The van der Waals surface area contributed by atoms with Crippen molar-refractivity contribution >= 4 is 34.2 Å². The highest BCUT2D eigenvalue weighted by atomic mass is 32.1. The van der Waals surface area contributed by atoms with Crippen LogP contribution in [-0.4, -0.2) is 32.8 Å². The first-order valence-electron chi connectivity index (χ1n) is 9.27. The molecule has 0 aliphatic carbocycles. The number of fused-ring (bicyclic) bond motifs is 1. The van der Waals surface area contributed by atoms with Gasteiger partial charge in [0.2, 0.25) is 5.89 Å². The molecule has 0 bridgehead atoms. The number of carbonyl (C=O) groups excluding carboxylic acids is 2. The minimum Gasteiger partial charge on any atom is -0.440 e. The van der Waals surface area contributed by atoms with E-state index in [4.69, 9.17) is 4.42 Å². The summed E-state index contributed by atoms with van der Waals surface area (Å²) in [7, 11) is 0. The lowest BCUT2D eigenvalue weighted by atomic mass is 10.1. The van der Waals surface area contributed by atoms with Crippen LogP contribution in [0.2, 0.25) is 0 Å². The van der Waals surface area contributed by atoms with Crippen molar-refractivity contribution in [1.82, 2.24) is 20.2 Å². The molecule has 1 aliphatic heterocycles.